The third-order valence-corrected chi connectivity index (χ3v) is 3.00. The van der Waals surface area contributed by atoms with Gasteiger partial charge in [-0.2, -0.15) is 0 Å². The van der Waals surface area contributed by atoms with E-state index in [-0.39, 0.29) is 6.10 Å². The number of hydrogen-bond donors (Lipinski definition) is 0. The second-order valence-electron chi connectivity index (χ2n) is 3.62. The summed E-state index contributed by atoms with van der Waals surface area (Å²) in [7, 11) is 0. The van der Waals surface area contributed by atoms with E-state index < -0.39 is 0 Å². The molecule has 0 unspecified atom stereocenters. The van der Waals surface area contributed by atoms with Crippen LogP contribution in [0.5, 0.6) is 0 Å². The van der Waals surface area contributed by atoms with Gasteiger partial charge in [0, 0.05) is 12.2 Å². The highest BCUT2D eigenvalue weighted by Crippen LogP contribution is 2.30. The van der Waals surface area contributed by atoms with Crippen LogP contribution in [0.25, 0.3) is 0 Å². The van der Waals surface area contributed by atoms with Gasteiger partial charge in [-0.3, -0.25) is 0 Å². The van der Waals surface area contributed by atoms with E-state index in [4.69, 9.17) is 21.7 Å². The van der Waals surface area contributed by atoms with Crippen LogP contribution < -0.4 is 0 Å². The number of hydrogen-bond acceptors (Lipinski definition) is 3. The van der Waals surface area contributed by atoms with Gasteiger partial charge in [-0.25, -0.2) is 0 Å². The summed E-state index contributed by atoms with van der Waals surface area (Å²) in [6.45, 7) is 0.684. The van der Waals surface area contributed by atoms with E-state index in [0.29, 0.717) is 17.8 Å². The van der Waals surface area contributed by atoms with Crippen molar-refractivity contribution in [1.29, 1.82) is 0 Å². The normalized spacial score (nSPS) is 31.3. The lowest BCUT2D eigenvalue weighted by Gasteiger charge is -2.24. The predicted molar refractivity (Wildman–Crippen MR) is 50.0 cm³/mol. The summed E-state index contributed by atoms with van der Waals surface area (Å²) >= 11 is 4.82. The van der Waals surface area contributed by atoms with Crippen molar-refractivity contribution in [3.05, 3.63) is 0 Å². The molecule has 3 heteroatoms. The molecule has 1 atom stereocenters. The third kappa shape index (κ3) is 1.71. The second kappa shape index (κ2) is 3.60. The molecule has 0 amide bonds. The van der Waals surface area contributed by atoms with Crippen LogP contribution in [0, 0.1) is 5.92 Å². The first kappa shape index (κ1) is 8.30. The van der Waals surface area contributed by atoms with Crippen molar-refractivity contribution in [3.63, 3.8) is 0 Å². The van der Waals surface area contributed by atoms with Gasteiger partial charge < -0.3 is 9.47 Å². The van der Waals surface area contributed by atoms with Crippen LogP contribution in [-0.4, -0.2) is 17.9 Å². The molecule has 0 aromatic rings. The molecule has 2 fully saturated rings. The molecule has 0 radical (unpaired) electrons. The number of ether oxygens (including phenoxy) is 2. The van der Waals surface area contributed by atoms with Gasteiger partial charge in [0.2, 0.25) is 0 Å². The van der Waals surface area contributed by atoms with Crippen LogP contribution in [0.4, 0.5) is 0 Å². The molecule has 1 heterocycles. The summed E-state index contributed by atoms with van der Waals surface area (Å²) in [6, 6.07) is 0. The summed E-state index contributed by atoms with van der Waals surface area (Å²) in [5, 5.41) is 0.352. The van der Waals surface area contributed by atoms with Crippen molar-refractivity contribution in [2.24, 2.45) is 5.92 Å². The highest BCUT2D eigenvalue weighted by molar-refractivity contribution is 7.79. The van der Waals surface area contributed by atoms with E-state index in [0.717, 1.165) is 0 Å². The molecule has 0 aromatic carbocycles. The largest absolute Gasteiger partial charge is 0.453 e. The quantitative estimate of drug-likeness (QED) is 0.585. The summed E-state index contributed by atoms with van der Waals surface area (Å²) < 4.78 is 10.5. The minimum Gasteiger partial charge on any atom is -0.453 e. The summed E-state index contributed by atoms with van der Waals surface area (Å²) in [5.41, 5.74) is 0. The van der Waals surface area contributed by atoms with Gasteiger partial charge in [0.25, 0.3) is 0 Å². The molecule has 68 valence electrons. The minimum absolute atomic E-state index is 0.262. The van der Waals surface area contributed by atoms with Crippen molar-refractivity contribution in [1.82, 2.24) is 0 Å². The van der Waals surface area contributed by atoms with Gasteiger partial charge in [0.1, 0.15) is 12.7 Å². The number of rotatable bonds is 1. The van der Waals surface area contributed by atoms with E-state index in [1.807, 2.05) is 0 Å². The van der Waals surface area contributed by atoms with Gasteiger partial charge in [0.15, 0.2) is 0 Å². The Morgan fingerprint density at radius 2 is 1.92 bits per heavy atom. The maximum atomic E-state index is 5.41. The fraction of sp³-hybridized carbons (Fsp3) is 0.889. The molecule has 0 N–H and O–H groups in total. The first-order valence-electron chi connectivity index (χ1n) is 4.69. The molecular formula is C9H14O2S. The molecule has 0 spiro atoms. The fourth-order valence-electron chi connectivity index (χ4n) is 2.08. The van der Waals surface area contributed by atoms with Gasteiger partial charge >= 0.3 is 5.24 Å². The average molecular weight is 186 g/mol. The van der Waals surface area contributed by atoms with Crippen molar-refractivity contribution in [3.8, 4) is 0 Å². The Kier molecular flexibility index (Phi) is 2.49. The maximum absolute atomic E-state index is 5.41. The molecule has 1 saturated heterocycles. The Bertz CT molecular complexity index is 175. The van der Waals surface area contributed by atoms with Gasteiger partial charge in [-0.15, -0.1) is 0 Å². The molecule has 2 aliphatic rings. The van der Waals surface area contributed by atoms with Crippen LogP contribution in [0.1, 0.15) is 32.1 Å². The Morgan fingerprint density at radius 1 is 1.17 bits per heavy atom. The topological polar surface area (TPSA) is 18.5 Å². The maximum Gasteiger partial charge on any atom is 0.352 e. The summed E-state index contributed by atoms with van der Waals surface area (Å²) in [4.78, 5) is 0. The third-order valence-electron chi connectivity index (χ3n) is 2.79. The fourth-order valence-corrected chi connectivity index (χ4v) is 2.27. The lowest BCUT2D eigenvalue weighted by Crippen LogP contribution is -2.24. The van der Waals surface area contributed by atoms with Crippen molar-refractivity contribution in [2.75, 3.05) is 6.61 Å². The minimum atomic E-state index is 0.262. The van der Waals surface area contributed by atoms with Gasteiger partial charge in [0.05, 0.1) is 0 Å². The SMILES string of the molecule is S=C1OC[C@H](C2CCCCC2)O1. The van der Waals surface area contributed by atoms with Crippen molar-refractivity contribution < 1.29 is 9.47 Å². The van der Waals surface area contributed by atoms with E-state index in [1.165, 1.54) is 32.1 Å². The van der Waals surface area contributed by atoms with Gasteiger partial charge in [-0.05, 0) is 18.8 Å². The summed E-state index contributed by atoms with van der Waals surface area (Å²) in [6.07, 6.45) is 6.91. The van der Waals surface area contributed by atoms with Crippen LogP contribution in [-0.2, 0) is 9.47 Å². The van der Waals surface area contributed by atoms with Crippen LogP contribution in [0.15, 0.2) is 0 Å². The lowest BCUT2D eigenvalue weighted by atomic mass is 9.85. The first-order valence-corrected chi connectivity index (χ1v) is 5.10. The van der Waals surface area contributed by atoms with Crippen LogP contribution >= 0.6 is 12.2 Å². The molecular weight excluding hydrogens is 172 g/mol. The molecule has 2 nitrogen and oxygen atoms in total. The van der Waals surface area contributed by atoms with Crippen molar-refractivity contribution in [2.45, 2.75) is 38.2 Å². The lowest BCUT2D eigenvalue weighted by molar-refractivity contribution is 0.124. The Hall–Kier alpha value is -0.310. The monoisotopic (exact) mass is 186 g/mol. The predicted octanol–water partition coefficient (Wildman–Crippen LogP) is 2.27. The zero-order valence-electron chi connectivity index (χ0n) is 7.12. The molecule has 1 aliphatic carbocycles. The van der Waals surface area contributed by atoms with E-state index in [1.54, 1.807) is 0 Å². The van der Waals surface area contributed by atoms with Crippen LogP contribution in [0.3, 0.4) is 0 Å². The van der Waals surface area contributed by atoms with E-state index in [9.17, 15) is 0 Å². The first-order chi connectivity index (χ1) is 5.86. The zero-order valence-corrected chi connectivity index (χ0v) is 7.94. The molecule has 12 heavy (non-hydrogen) atoms. The molecule has 2 rings (SSSR count). The molecule has 0 bridgehead atoms. The Labute approximate surface area is 78.2 Å². The Morgan fingerprint density at radius 3 is 2.50 bits per heavy atom. The van der Waals surface area contributed by atoms with E-state index in [2.05, 4.69) is 0 Å². The highest BCUT2D eigenvalue weighted by Gasteiger charge is 2.31. The standard InChI is InChI=1S/C9H14O2S/c12-9-10-6-8(11-9)7-4-2-1-3-5-7/h7-8H,1-6H2/t8-/m1/s1. The summed E-state index contributed by atoms with van der Waals surface area (Å²) in [5.74, 6) is 0.694. The average Bonchev–Trinajstić information content (AvgIpc) is 2.54. The molecule has 0 aromatic heterocycles. The number of thiocarbonyl (C=S) groups is 1. The van der Waals surface area contributed by atoms with E-state index >= 15 is 0 Å². The second-order valence-corrected chi connectivity index (χ2v) is 3.95. The Balaban J connectivity index is 1.86. The van der Waals surface area contributed by atoms with Crippen LogP contribution in [0.2, 0.25) is 0 Å². The zero-order chi connectivity index (χ0) is 8.39. The molecule has 1 aliphatic heterocycles. The smallest absolute Gasteiger partial charge is 0.352 e. The highest BCUT2D eigenvalue weighted by atomic mass is 32.1. The molecule has 1 saturated carbocycles. The van der Waals surface area contributed by atoms with Crippen molar-refractivity contribution >= 4 is 17.5 Å². The van der Waals surface area contributed by atoms with Gasteiger partial charge in [-0.1, -0.05) is 19.3 Å².